The first-order valence-electron chi connectivity index (χ1n) is 7.55. The van der Waals surface area contributed by atoms with Gasteiger partial charge in [-0.05, 0) is 35.2 Å². The lowest BCUT2D eigenvalue weighted by atomic mass is 9.96. The van der Waals surface area contributed by atoms with Crippen LogP contribution in [0.4, 0.5) is 0 Å². The molecule has 120 valence electrons. The van der Waals surface area contributed by atoms with Crippen LogP contribution in [0, 0.1) is 0 Å². The second-order valence-electron chi connectivity index (χ2n) is 5.49. The molecule has 2 atom stereocenters. The Labute approximate surface area is 140 Å². The van der Waals surface area contributed by atoms with Crippen molar-refractivity contribution in [3.05, 3.63) is 70.2 Å². The van der Waals surface area contributed by atoms with Crippen molar-refractivity contribution in [3.63, 3.8) is 0 Å². The van der Waals surface area contributed by atoms with Crippen LogP contribution < -0.4 is 5.32 Å². The van der Waals surface area contributed by atoms with E-state index in [2.05, 4.69) is 5.32 Å². The number of nitrogens with one attached hydrogen (secondary N) is 1. The van der Waals surface area contributed by atoms with Crippen LogP contribution in [0.2, 0.25) is 5.02 Å². The summed E-state index contributed by atoms with van der Waals surface area (Å²) in [6.07, 6.45) is 0.168. The van der Waals surface area contributed by atoms with Crippen molar-refractivity contribution >= 4 is 17.5 Å². The number of fused-ring (bicyclic) bond motifs is 1. The Morgan fingerprint density at radius 1 is 1.26 bits per heavy atom. The molecule has 2 N–H and O–H groups in total. The summed E-state index contributed by atoms with van der Waals surface area (Å²) in [6, 6.07) is 14.3. The SMILES string of the molecule is O=C(N[C@H](CO)c1ccc(Cl)cc1)[C@@H]1OCCc2ccccc21. The standard InChI is InChI=1S/C18H18ClNO3/c19-14-7-5-13(6-8-14)16(11-21)20-18(22)17-15-4-2-1-3-12(15)9-10-23-17/h1-8,16-17,21H,9-11H2,(H,20,22)/t16-,17-/m1/s1. The molecule has 2 aromatic rings. The minimum Gasteiger partial charge on any atom is -0.394 e. The Balaban J connectivity index is 1.77. The van der Waals surface area contributed by atoms with Crippen molar-refractivity contribution in [2.24, 2.45) is 0 Å². The zero-order valence-electron chi connectivity index (χ0n) is 12.5. The third-order valence-electron chi connectivity index (χ3n) is 4.00. The number of amides is 1. The van der Waals surface area contributed by atoms with Crippen LogP contribution in [0.1, 0.15) is 28.8 Å². The highest BCUT2D eigenvalue weighted by molar-refractivity contribution is 6.30. The monoisotopic (exact) mass is 331 g/mol. The van der Waals surface area contributed by atoms with E-state index in [9.17, 15) is 9.90 Å². The van der Waals surface area contributed by atoms with E-state index in [0.29, 0.717) is 11.6 Å². The Kier molecular flexibility index (Phi) is 4.96. The van der Waals surface area contributed by atoms with Crippen LogP contribution in [-0.4, -0.2) is 24.2 Å². The molecule has 5 heteroatoms. The topological polar surface area (TPSA) is 58.6 Å². The number of hydrogen-bond acceptors (Lipinski definition) is 3. The molecule has 0 unspecified atom stereocenters. The Hall–Kier alpha value is -1.88. The molecule has 0 saturated carbocycles. The van der Waals surface area contributed by atoms with Gasteiger partial charge in [-0.25, -0.2) is 0 Å². The molecule has 0 aromatic heterocycles. The molecule has 0 radical (unpaired) electrons. The van der Waals surface area contributed by atoms with Crippen molar-refractivity contribution in [1.29, 1.82) is 0 Å². The van der Waals surface area contributed by atoms with Gasteiger partial charge in [0.2, 0.25) is 0 Å². The minimum atomic E-state index is -0.638. The average molecular weight is 332 g/mol. The maximum absolute atomic E-state index is 12.6. The lowest BCUT2D eigenvalue weighted by Crippen LogP contribution is -2.37. The number of hydrogen-bond donors (Lipinski definition) is 2. The fourth-order valence-electron chi connectivity index (χ4n) is 2.79. The first-order valence-corrected chi connectivity index (χ1v) is 7.93. The summed E-state index contributed by atoms with van der Waals surface area (Å²) in [4.78, 5) is 12.6. The van der Waals surface area contributed by atoms with Crippen molar-refractivity contribution in [2.45, 2.75) is 18.6 Å². The van der Waals surface area contributed by atoms with Crippen molar-refractivity contribution < 1.29 is 14.6 Å². The summed E-state index contributed by atoms with van der Waals surface area (Å²) >= 11 is 5.87. The second kappa shape index (κ2) is 7.13. The van der Waals surface area contributed by atoms with Crippen LogP contribution in [0.3, 0.4) is 0 Å². The number of aliphatic hydroxyl groups excluding tert-OH is 1. The van der Waals surface area contributed by atoms with Gasteiger partial charge in [0.1, 0.15) is 0 Å². The highest BCUT2D eigenvalue weighted by Crippen LogP contribution is 2.28. The van der Waals surface area contributed by atoms with Gasteiger partial charge in [-0.15, -0.1) is 0 Å². The Morgan fingerprint density at radius 3 is 2.74 bits per heavy atom. The summed E-state index contributed by atoms with van der Waals surface area (Å²) in [5.41, 5.74) is 2.82. The van der Waals surface area contributed by atoms with E-state index in [1.807, 2.05) is 24.3 Å². The fraction of sp³-hybridized carbons (Fsp3) is 0.278. The maximum Gasteiger partial charge on any atom is 0.254 e. The molecule has 2 aromatic carbocycles. The highest BCUT2D eigenvalue weighted by atomic mass is 35.5. The van der Waals surface area contributed by atoms with Gasteiger partial charge < -0.3 is 15.2 Å². The van der Waals surface area contributed by atoms with Crippen LogP contribution in [0.15, 0.2) is 48.5 Å². The number of ether oxygens (including phenoxy) is 1. The number of halogens is 1. The van der Waals surface area contributed by atoms with E-state index in [0.717, 1.165) is 23.1 Å². The first-order chi connectivity index (χ1) is 11.2. The van der Waals surface area contributed by atoms with Gasteiger partial charge in [0.05, 0.1) is 19.3 Å². The predicted octanol–water partition coefficient (Wildman–Crippen LogP) is 2.80. The number of aliphatic hydroxyl groups is 1. The predicted molar refractivity (Wildman–Crippen MR) is 88.3 cm³/mol. The van der Waals surface area contributed by atoms with Crippen LogP contribution in [0.5, 0.6) is 0 Å². The number of rotatable bonds is 4. The molecule has 3 rings (SSSR count). The zero-order valence-corrected chi connectivity index (χ0v) is 13.3. The van der Waals surface area contributed by atoms with E-state index >= 15 is 0 Å². The molecular formula is C18H18ClNO3. The van der Waals surface area contributed by atoms with E-state index in [1.54, 1.807) is 24.3 Å². The average Bonchev–Trinajstić information content (AvgIpc) is 2.60. The third-order valence-corrected chi connectivity index (χ3v) is 4.26. The normalized spacial score (nSPS) is 18.1. The number of carbonyl (C=O) groups excluding carboxylic acids is 1. The Bertz CT molecular complexity index is 687. The molecule has 4 nitrogen and oxygen atoms in total. The van der Waals surface area contributed by atoms with Gasteiger partial charge in [0.25, 0.3) is 5.91 Å². The van der Waals surface area contributed by atoms with Gasteiger partial charge in [0.15, 0.2) is 6.10 Å². The van der Waals surface area contributed by atoms with E-state index < -0.39 is 12.1 Å². The summed E-state index contributed by atoms with van der Waals surface area (Å²) in [5, 5.41) is 13.1. The molecule has 0 fully saturated rings. The van der Waals surface area contributed by atoms with E-state index in [-0.39, 0.29) is 12.5 Å². The summed E-state index contributed by atoms with van der Waals surface area (Å²) in [6.45, 7) is 0.321. The lowest BCUT2D eigenvalue weighted by molar-refractivity contribution is -0.135. The molecule has 1 amide bonds. The van der Waals surface area contributed by atoms with Crippen molar-refractivity contribution in [2.75, 3.05) is 13.2 Å². The van der Waals surface area contributed by atoms with Gasteiger partial charge in [0, 0.05) is 5.02 Å². The zero-order chi connectivity index (χ0) is 16.2. The maximum atomic E-state index is 12.6. The largest absolute Gasteiger partial charge is 0.394 e. The molecule has 0 aliphatic carbocycles. The van der Waals surface area contributed by atoms with E-state index in [1.165, 1.54) is 0 Å². The molecule has 0 spiro atoms. The van der Waals surface area contributed by atoms with Gasteiger partial charge in [-0.3, -0.25) is 4.79 Å². The van der Waals surface area contributed by atoms with Gasteiger partial charge >= 0.3 is 0 Å². The minimum absolute atomic E-state index is 0.193. The molecular weight excluding hydrogens is 314 g/mol. The quantitative estimate of drug-likeness (QED) is 0.905. The second-order valence-corrected chi connectivity index (χ2v) is 5.93. The third kappa shape index (κ3) is 3.55. The summed E-state index contributed by atoms with van der Waals surface area (Å²) < 4.78 is 5.65. The number of carbonyl (C=O) groups is 1. The molecule has 1 aliphatic rings. The lowest BCUT2D eigenvalue weighted by Gasteiger charge is -2.27. The summed E-state index contributed by atoms with van der Waals surface area (Å²) in [5.74, 6) is -0.244. The van der Waals surface area contributed by atoms with Gasteiger partial charge in [-0.2, -0.15) is 0 Å². The molecule has 1 heterocycles. The summed E-state index contributed by atoms with van der Waals surface area (Å²) in [7, 11) is 0. The highest BCUT2D eigenvalue weighted by Gasteiger charge is 2.28. The molecule has 0 bridgehead atoms. The Morgan fingerprint density at radius 2 is 2.00 bits per heavy atom. The fourth-order valence-corrected chi connectivity index (χ4v) is 2.91. The smallest absolute Gasteiger partial charge is 0.254 e. The van der Waals surface area contributed by atoms with Crippen LogP contribution in [0.25, 0.3) is 0 Å². The van der Waals surface area contributed by atoms with Crippen LogP contribution >= 0.6 is 11.6 Å². The van der Waals surface area contributed by atoms with Gasteiger partial charge in [-0.1, -0.05) is 48.0 Å². The number of benzene rings is 2. The van der Waals surface area contributed by atoms with Crippen molar-refractivity contribution in [1.82, 2.24) is 5.32 Å². The van der Waals surface area contributed by atoms with Crippen LogP contribution in [-0.2, 0) is 16.0 Å². The molecule has 23 heavy (non-hydrogen) atoms. The van der Waals surface area contributed by atoms with Crippen molar-refractivity contribution in [3.8, 4) is 0 Å². The van der Waals surface area contributed by atoms with E-state index in [4.69, 9.17) is 16.3 Å². The first kappa shape index (κ1) is 16.0. The molecule has 1 aliphatic heterocycles. The molecule has 0 saturated heterocycles.